The number of nitrogens with zero attached hydrogens (tertiary/aromatic N) is 3. The average molecular weight is 456 g/mol. The number of fused-ring (bicyclic) bond motifs is 1. The minimum absolute atomic E-state index is 0.0270. The van der Waals surface area contributed by atoms with Gasteiger partial charge in [-0.1, -0.05) is 49.2 Å². The summed E-state index contributed by atoms with van der Waals surface area (Å²) in [4.78, 5) is 43.4. The molecule has 2 amide bonds. The van der Waals surface area contributed by atoms with E-state index < -0.39 is 11.8 Å². The largest absolute Gasteiger partial charge is 0.315 e. The molecule has 0 fully saturated rings. The number of carbonyl (C=O) groups excluding carboxylic acids is 2. The number of anilines is 1. The molecule has 31 heavy (non-hydrogen) atoms. The molecular weight excluding hydrogens is 437 g/mol. The Morgan fingerprint density at radius 2 is 1.52 bits per heavy atom. The minimum atomic E-state index is -0.415. The van der Waals surface area contributed by atoms with Gasteiger partial charge in [-0.25, -0.2) is 9.88 Å². The predicted molar refractivity (Wildman–Crippen MR) is 120 cm³/mol. The van der Waals surface area contributed by atoms with E-state index in [0.717, 1.165) is 4.90 Å². The summed E-state index contributed by atoms with van der Waals surface area (Å²) in [6.07, 6.45) is 1.95. The molecule has 0 saturated heterocycles. The molecule has 3 aromatic rings. The molecule has 2 heterocycles. The third-order valence-electron chi connectivity index (χ3n) is 5.23. The van der Waals surface area contributed by atoms with Crippen molar-refractivity contribution in [2.24, 2.45) is 7.05 Å². The predicted octanol–water partition coefficient (Wildman–Crippen LogP) is 4.60. The first-order valence-electron chi connectivity index (χ1n) is 9.71. The fraction of sp³-hybridized carbons (Fsp3) is 0.217. The fourth-order valence-corrected chi connectivity index (χ4v) is 4.26. The van der Waals surface area contributed by atoms with E-state index in [1.807, 2.05) is 13.8 Å². The van der Waals surface area contributed by atoms with Crippen LogP contribution in [0.2, 0.25) is 10.0 Å². The van der Waals surface area contributed by atoms with Crippen LogP contribution in [0.25, 0.3) is 0 Å². The summed E-state index contributed by atoms with van der Waals surface area (Å²) in [5.41, 5.74) is 2.57. The van der Waals surface area contributed by atoms with E-state index in [2.05, 4.69) is 4.98 Å². The lowest BCUT2D eigenvalue weighted by atomic mass is 10.1. The molecule has 2 aromatic carbocycles. The number of rotatable bonds is 4. The highest BCUT2D eigenvalue weighted by molar-refractivity contribution is 6.38. The molecule has 1 aliphatic rings. The van der Waals surface area contributed by atoms with Crippen molar-refractivity contribution >= 4 is 40.7 Å². The van der Waals surface area contributed by atoms with Gasteiger partial charge in [0.05, 0.1) is 22.5 Å². The number of amides is 2. The summed E-state index contributed by atoms with van der Waals surface area (Å²) >= 11 is 13.0. The smallest absolute Gasteiger partial charge is 0.272 e. The van der Waals surface area contributed by atoms with Gasteiger partial charge in [0.25, 0.3) is 17.4 Å². The maximum absolute atomic E-state index is 12.8. The molecule has 8 heteroatoms. The van der Waals surface area contributed by atoms with Crippen molar-refractivity contribution in [3.05, 3.63) is 91.1 Å². The number of benzene rings is 2. The maximum Gasteiger partial charge on any atom is 0.272 e. The molecule has 4 rings (SSSR count). The molecule has 0 unspecified atom stereocenters. The van der Waals surface area contributed by atoms with Gasteiger partial charge in [-0.15, -0.1) is 0 Å². The first kappa shape index (κ1) is 21.3. The third kappa shape index (κ3) is 3.66. The maximum atomic E-state index is 12.8. The van der Waals surface area contributed by atoms with Crippen LogP contribution in [0, 0.1) is 0 Å². The molecule has 6 nitrogen and oxygen atoms in total. The van der Waals surface area contributed by atoms with Gasteiger partial charge in [0.15, 0.2) is 0 Å². The van der Waals surface area contributed by atoms with E-state index >= 15 is 0 Å². The number of hydrogen-bond acceptors (Lipinski definition) is 4. The molecule has 0 aliphatic carbocycles. The molecule has 1 aliphatic heterocycles. The summed E-state index contributed by atoms with van der Waals surface area (Å²) in [5, 5.41) is 0.613. The molecule has 0 radical (unpaired) electrons. The summed E-state index contributed by atoms with van der Waals surface area (Å²) in [5.74, 6) is -0.857. The second-order valence-corrected chi connectivity index (χ2v) is 8.56. The molecule has 0 N–H and O–H groups in total. The van der Waals surface area contributed by atoms with E-state index in [9.17, 15) is 14.4 Å². The topological polar surface area (TPSA) is 72.3 Å². The summed E-state index contributed by atoms with van der Waals surface area (Å²) in [6.45, 7) is 3.81. The SMILES string of the molecule is CC(C)c1nc(Cc2c(Cl)cc(N3C(=O)c4ccccc4C3=O)cc2Cl)cn(C)c1=O. The van der Waals surface area contributed by atoms with Crippen molar-refractivity contribution in [2.45, 2.75) is 26.2 Å². The standard InChI is InChI=1S/C23H19Cl2N3O3/c1-12(2)20-23(31)27(3)11-13(26-20)8-17-18(24)9-14(10-19(17)25)28-21(29)15-6-4-5-7-16(15)22(28)30/h4-7,9-12H,8H2,1-3H3. The summed E-state index contributed by atoms with van der Waals surface area (Å²) < 4.78 is 1.49. The van der Waals surface area contributed by atoms with Crippen molar-refractivity contribution in [1.29, 1.82) is 0 Å². The van der Waals surface area contributed by atoms with E-state index in [1.165, 1.54) is 4.57 Å². The average Bonchev–Trinajstić information content (AvgIpc) is 2.97. The Morgan fingerprint density at radius 1 is 0.968 bits per heavy atom. The highest BCUT2D eigenvalue weighted by atomic mass is 35.5. The van der Waals surface area contributed by atoms with Crippen molar-refractivity contribution in [3.63, 3.8) is 0 Å². The lowest BCUT2D eigenvalue weighted by Crippen LogP contribution is -2.29. The first-order chi connectivity index (χ1) is 14.7. The molecule has 0 spiro atoms. The van der Waals surface area contributed by atoms with E-state index in [1.54, 1.807) is 49.6 Å². The fourth-order valence-electron chi connectivity index (χ4n) is 3.65. The first-order valence-corrected chi connectivity index (χ1v) is 10.5. The zero-order chi connectivity index (χ0) is 22.4. The van der Waals surface area contributed by atoms with Crippen LogP contribution in [0.4, 0.5) is 5.69 Å². The normalized spacial score (nSPS) is 13.3. The van der Waals surface area contributed by atoms with Crippen LogP contribution in [-0.4, -0.2) is 21.4 Å². The molecule has 0 atom stereocenters. The van der Waals surface area contributed by atoms with Gasteiger partial charge in [-0.3, -0.25) is 14.4 Å². The lowest BCUT2D eigenvalue weighted by Gasteiger charge is -2.17. The molecule has 158 valence electrons. The Bertz CT molecular complexity index is 1240. The van der Waals surface area contributed by atoms with Gasteiger partial charge >= 0.3 is 0 Å². The highest BCUT2D eigenvalue weighted by Crippen LogP contribution is 2.35. The zero-order valence-electron chi connectivity index (χ0n) is 17.1. The van der Waals surface area contributed by atoms with Crippen molar-refractivity contribution in [2.75, 3.05) is 4.90 Å². The van der Waals surface area contributed by atoms with Crippen LogP contribution in [0.15, 0.2) is 47.4 Å². The van der Waals surface area contributed by atoms with Gasteiger partial charge in [-0.2, -0.15) is 0 Å². The van der Waals surface area contributed by atoms with Gasteiger partial charge in [0.2, 0.25) is 0 Å². The van der Waals surface area contributed by atoms with Crippen LogP contribution in [0.1, 0.15) is 57.4 Å². The Kier molecular flexibility index (Phi) is 5.45. The van der Waals surface area contributed by atoms with Crippen LogP contribution in [0.3, 0.4) is 0 Å². The number of carbonyl (C=O) groups is 2. The van der Waals surface area contributed by atoms with Crippen molar-refractivity contribution in [1.82, 2.24) is 9.55 Å². The molecule has 1 aromatic heterocycles. The number of aromatic nitrogens is 2. The Hall–Kier alpha value is -2.96. The van der Waals surface area contributed by atoms with E-state index in [-0.39, 0.29) is 11.5 Å². The van der Waals surface area contributed by atoms with Crippen LogP contribution in [0.5, 0.6) is 0 Å². The monoisotopic (exact) mass is 455 g/mol. The minimum Gasteiger partial charge on any atom is -0.315 e. The molecule has 0 saturated carbocycles. The van der Waals surface area contributed by atoms with Crippen molar-refractivity contribution < 1.29 is 9.59 Å². The third-order valence-corrected chi connectivity index (χ3v) is 5.90. The van der Waals surface area contributed by atoms with E-state index in [4.69, 9.17) is 23.2 Å². The Morgan fingerprint density at radius 3 is 2.03 bits per heavy atom. The van der Waals surface area contributed by atoms with Gasteiger partial charge in [0.1, 0.15) is 5.69 Å². The Labute approximate surface area is 189 Å². The second-order valence-electron chi connectivity index (χ2n) is 7.74. The number of halogens is 2. The summed E-state index contributed by atoms with van der Waals surface area (Å²) in [6, 6.07) is 9.76. The van der Waals surface area contributed by atoms with Gasteiger partial charge in [0, 0.05) is 35.6 Å². The highest BCUT2D eigenvalue weighted by Gasteiger charge is 2.36. The molecular formula is C23H19Cl2N3O3. The van der Waals surface area contributed by atoms with Crippen LogP contribution in [-0.2, 0) is 13.5 Å². The summed E-state index contributed by atoms with van der Waals surface area (Å²) in [7, 11) is 1.67. The van der Waals surface area contributed by atoms with Gasteiger partial charge in [-0.05, 0) is 29.8 Å². The van der Waals surface area contributed by atoms with Gasteiger partial charge < -0.3 is 4.57 Å². The number of hydrogen-bond donors (Lipinski definition) is 0. The van der Waals surface area contributed by atoms with Crippen LogP contribution < -0.4 is 10.5 Å². The quantitative estimate of drug-likeness (QED) is 0.538. The zero-order valence-corrected chi connectivity index (χ0v) is 18.7. The molecule has 0 bridgehead atoms. The second kappa shape index (κ2) is 7.94. The van der Waals surface area contributed by atoms with Crippen molar-refractivity contribution in [3.8, 4) is 0 Å². The van der Waals surface area contributed by atoms with E-state index in [0.29, 0.717) is 50.2 Å². The van der Waals surface area contributed by atoms with Crippen LogP contribution >= 0.6 is 23.2 Å². The lowest BCUT2D eigenvalue weighted by molar-refractivity contribution is 0.0926. The number of imide groups is 1. The Balaban J connectivity index is 1.71. The number of aryl methyl sites for hydroxylation is 1.